The molecule has 0 bridgehead atoms. The molecule has 11 rings (SSSR count). The van der Waals surface area contributed by atoms with Gasteiger partial charge in [-0.15, -0.1) is 0 Å². The summed E-state index contributed by atoms with van der Waals surface area (Å²) in [5.41, 5.74) is 21.3. The predicted molar refractivity (Wildman–Crippen MR) is 179 cm³/mol. The normalized spacial score (nSPS) is 15.6. The molecular weight excluding hydrogens is 528 g/mol. The van der Waals surface area contributed by atoms with E-state index in [1.54, 1.807) is 0 Å². The minimum absolute atomic E-state index is 0.359. The van der Waals surface area contributed by atoms with Crippen LogP contribution < -0.4 is 0 Å². The molecule has 4 aliphatic carbocycles. The van der Waals surface area contributed by atoms with Crippen LogP contribution in [0.1, 0.15) is 44.5 Å². The van der Waals surface area contributed by atoms with Crippen molar-refractivity contribution in [3.05, 3.63) is 202 Å². The van der Waals surface area contributed by atoms with E-state index in [2.05, 4.69) is 158 Å². The molecule has 0 fully saturated rings. The molecule has 7 aromatic carbocycles. The van der Waals surface area contributed by atoms with Crippen molar-refractivity contribution in [3.8, 4) is 44.5 Å². The topological polar surface area (TPSA) is 0 Å². The summed E-state index contributed by atoms with van der Waals surface area (Å²) in [6.45, 7) is 0. The van der Waals surface area contributed by atoms with E-state index in [4.69, 9.17) is 0 Å². The van der Waals surface area contributed by atoms with Crippen LogP contribution in [-0.2, 0) is 10.8 Å². The van der Waals surface area contributed by atoms with Crippen molar-refractivity contribution in [2.75, 3.05) is 0 Å². The van der Waals surface area contributed by atoms with Crippen molar-refractivity contribution in [1.29, 1.82) is 0 Å². The third kappa shape index (κ3) is 2.34. The van der Waals surface area contributed by atoms with Gasteiger partial charge in [-0.25, -0.2) is 0 Å². The zero-order chi connectivity index (χ0) is 28.6. The zero-order valence-electron chi connectivity index (χ0n) is 24.0. The third-order valence-corrected chi connectivity index (χ3v) is 11.1. The average Bonchev–Trinajstić information content (AvgIpc) is 3.76. The molecular formula is C44H26. The van der Waals surface area contributed by atoms with Crippen molar-refractivity contribution in [3.63, 3.8) is 0 Å². The zero-order valence-corrected chi connectivity index (χ0v) is 24.0. The maximum absolute atomic E-state index is 2.63. The molecule has 2 spiro atoms. The summed E-state index contributed by atoms with van der Waals surface area (Å²) in [4.78, 5) is 0. The number of hydrogen-bond acceptors (Lipinski definition) is 0. The smallest absolute Gasteiger partial charge is 0.0619 e. The van der Waals surface area contributed by atoms with Gasteiger partial charge in [-0.05, 0) is 95.1 Å². The maximum Gasteiger partial charge on any atom is 0.0725 e. The molecule has 0 atom stereocenters. The highest BCUT2D eigenvalue weighted by Gasteiger charge is 2.56. The molecule has 0 aliphatic heterocycles. The Bertz CT molecular complexity index is 2150. The van der Waals surface area contributed by atoms with Gasteiger partial charge in [-0.1, -0.05) is 152 Å². The van der Waals surface area contributed by atoms with Crippen molar-refractivity contribution < 1.29 is 0 Å². The second-order valence-electron chi connectivity index (χ2n) is 12.7. The molecule has 0 saturated carbocycles. The van der Waals surface area contributed by atoms with E-state index in [1.165, 1.54) is 89.0 Å². The lowest BCUT2D eigenvalue weighted by Crippen LogP contribution is -2.28. The lowest BCUT2D eigenvalue weighted by molar-refractivity contribution is 0.768. The first-order valence-corrected chi connectivity index (χ1v) is 15.6. The molecule has 0 radical (unpaired) electrons. The van der Waals surface area contributed by atoms with Crippen molar-refractivity contribution >= 4 is 0 Å². The first kappa shape index (κ1) is 23.1. The van der Waals surface area contributed by atoms with E-state index in [-0.39, 0.29) is 10.8 Å². The summed E-state index contributed by atoms with van der Waals surface area (Å²) in [6.07, 6.45) is 0. The SMILES string of the molecule is c1ccc2c(c1)-c1ccccc1C21c2ccccc2-c2cc3c(cc21)C1(c2ccccc2-c2ccccc21)c1ccccc1-3. The summed E-state index contributed by atoms with van der Waals surface area (Å²) in [5, 5.41) is 0. The van der Waals surface area contributed by atoms with Crippen LogP contribution in [0.4, 0.5) is 0 Å². The van der Waals surface area contributed by atoms with Crippen LogP contribution in [0.5, 0.6) is 0 Å². The molecule has 0 unspecified atom stereocenters. The summed E-state index contributed by atoms with van der Waals surface area (Å²) < 4.78 is 0. The second kappa shape index (κ2) is 7.73. The Hall–Kier alpha value is -5.46. The van der Waals surface area contributed by atoms with Crippen LogP contribution in [0, 0.1) is 0 Å². The Labute approximate surface area is 256 Å². The number of hydrogen-bond donors (Lipinski definition) is 0. The quantitative estimate of drug-likeness (QED) is 0.175. The molecule has 0 nitrogen and oxygen atoms in total. The Morgan fingerprint density at radius 3 is 0.705 bits per heavy atom. The predicted octanol–water partition coefficient (Wildman–Crippen LogP) is 10.4. The summed E-state index contributed by atoms with van der Waals surface area (Å²) >= 11 is 0. The molecule has 202 valence electrons. The van der Waals surface area contributed by atoms with Crippen molar-refractivity contribution in [2.45, 2.75) is 10.8 Å². The fourth-order valence-electron chi connectivity index (χ4n) is 9.68. The van der Waals surface area contributed by atoms with E-state index >= 15 is 0 Å². The van der Waals surface area contributed by atoms with E-state index < -0.39 is 0 Å². The Morgan fingerprint density at radius 1 is 0.205 bits per heavy atom. The fourth-order valence-corrected chi connectivity index (χ4v) is 9.68. The van der Waals surface area contributed by atoms with Gasteiger partial charge in [-0.2, -0.15) is 0 Å². The van der Waals surface area contributed by atoms with Crippen LogP contribution >= 0.6 is 0 Å². The minimum Gasteiger partial charge on any atom is -0.0619 e. The monoisotopic (exact) mass is 554 g/mol. The van der Waals surface area contributed by atoms with Crippen molar-refractivity contribution in [1.82, 2.24) is 0 Å². The highest BCUT2D eigenvalue weighted by Crippen LogP contribution is 2.67. The molecule has 0 heterocycles. The molecule has 0 aromatic heterocycles. The van der Waals surface area contributed by atoms with Gasteiger partial charge in [0.1, 0.15) is 0 Å². The van der Waals surface area contributed by atoms with Crippen LogP contribution in [0.25, 0.3) is 44.5 Å². The molecule has 4 aliphatic rings. The van der Waals surface area contributed by atoms with Gasteiger partial charge in [0.05, 0.1) is 10.8 Å². The van der Waals surface area contributed by atoms with E-state index in [1.807, 2.05) is 0 Å². The standard InChI is InChI=1S/C44H26/c1-7-19-35-27(13-1)28-14-2-8-20-36(28)43(35)39-23-11-5-17-31(39)33-25-34-32-18-6-12-24-40(32)44(42(34)26-41(33)43)37-21-9-3-15-29(37)30-16-4-10-22-38(30)44/h1-26H. The molecule has 0 saturated heterocycles. The van der Waals surface area contributed by atoms with Gasteiger partial charge < -0.3 is 0 Å². The van der Waals surface area contributed by atoms with E-state index in [0.717, 1.165) is 0 Å². The molecule has 0 amide bonds. The van der Waals surface area contributed by atoms with Gasteiger partial charge in [0, 0.05) is 0 Å². The average molecular weight is 555 g/mol. The van der Waals surface area contributed by atoms with Gasteiger partial charge in [0.25, 0.3) is 0 Å². The number of fused-ring (bicyclic) bond motifs is 20. The molecule has 7 aromatic rings. The lowest BCUT2D eigenvalue weighted by Gasteiger charge is -2.33. The van der Waals surface area contributed by atoms with Gasteiger partial charge >= 0.3 is 0 Å². The van der Waals surface area contributed by atoms with E-state index in [0.29, 0.717) is 0 Å². The summed E-state index contributed by atoms with van der Waals surface area (Å²) in [7, 11) is 0. The maximum atomic E-state index is 2.63. The molecule has 0 heteroatoms. The van der Waals surface area contributed by atoms with Gasteiger partial charge in [0.15, 0.2) is 0 Å². The first-order chi connectivity index (χ1) is 21.8. The van der Waals surface area contributed by atoms with Crippen LogP contribution in [0.2, 0.25) is 0 Å². The van der Waals surface area contributed by atoms with Crippen LogP contribution in [0.15, 0.2) is 158 Å². The first-order valence-electron chi connectivity index (χ1n) is 15.6. The van der Waals surface area contributed by atoms with Gasteiger partial charge in [0.2, 0.25) is 0 Å². The molecule has 44 heavy (non-hydrogen) atoms. The van der Waals surface area contributed by atoms with Crippen LogP contribution in [-0.4, -0.2) is 0 Å². The van der Waals surface area contributed by atoms with Gasteiger partial charge in [-0.3, -0.25) is 0 Å². The molecule has 0 N–H and O–H groups in total. The Balaban J connectivity index is 1.34. The van der Waals surface area contributed by atoms with E-state index in [9.17, 15) is 0 Å². The third-order valence-electron chi connectivity index (χ3n) is 11.1. The fraction of sp³-hybridized carbons (Fsp3) is 0.0455. The minimum atomic E-state index is -0.359. The number of benzene rings is 7. The summed E-state index contributed by atoms with van der Waals surface area (Å²) in [6, 6.07) is 59.9. The Morgan fingerprint density at radius 2 is 0.432 bits per heavy atom. The highest BCUT2D eigenvalue weighted by atomic mass is 14.6. The number of rotatable bonds is 0. The lowest BCUT2D eigenvalue weighted by atomic mass is 9.67. The summed E-state index contributed by atoms with van der Waals surface area (Å²) in [5.74, 6) is 0. The second-order valence-corrected chi connectivity index (χ2v) is 12.7. The Kier molecular flexibility index (Phi) is 4.05. The largest absolute Gasteiger partial charge is 0.0725 e. The van der Waals surface area contributed by atoms with Crippen molar-refractivity contribution in [2.24, 2.45) is 0 Å². The van der Waals surface area contributed by atoms with Crippen LogP contribution in [0.3, 0.4) is 0 Å². The highest BCUT2D eigenvalue weighted by molar-refractivity contribution is 6.01.